The number of carbonyl (C=O) groups excluding carboxylic acids is 1. The monoisotopic (exact) mass is 265 g/mol. The van der Waals surface area contributed by atoms with Crippen molar-refractivity contribution in [2.45, 2.75) is 6.92 Å². The van der Waals surface area contributed by atoms with Gasteiger partial charge in [-0.1, -0.05) is 11.6 Å². The van der Waals surface area contributed by atoms with Crippen LogP contribution in [0.25, 0.3) is 0 Å². The van der Waals surface area contributed by atoms with Gasteiger partial charge in [0.15, 0.2) is 0 Å². The summed E-state index contributed by atoms with van der Waals surface area (Å²) in [7, 11) is 1.78. The first-order chi connectivity index (χ1) is 8.47. The van der Waals surface area contributed by atoms with E-state index in [0.29, 0.717) is 11.3 Å². The van der Waals surface area contributed by atoms with Gasteiger partial charge in [-0.2, -0.15) is 5.10 Å². The predicted octanol–water partition coefficient (Wildman–Crippen LogP) is 1.61. The van der Waals surface area contributed by atoms with Crippen molar-refractivity contribution < 1.29 is 4.79 Å². The number of nitrogen functional groups attached to an aromatic ring is 1. The third-order valence-corrected chi connectivity index (χ3v) is 2.61. The van der Waals surface area contributed by atoms with E-state index in [-0.39, 0.29) is 16.7 Å². The first-order valence-electron chi connectivity index (χ1n) is 5.20. The van der Waals surface area contributed by atoms with Gasteiger partial charge in [0, 0.05) is 13.2 Å². The van der Waals surface area contributed by atoms with Crippen LogP contribution < -0.4 is 11.1 Å². The number of hydrogen-bond acceptors (Lipinski definition) is 4. The van der Waals surface area contributed by atoms with Crippen LogP contribution in [0.3, 0.4) is 0 Å². The van der Waals surface area contributed by atoms with Gasteiger partial charge in [0.25, 0.3) is 5.91 Å². The summed E-state index contributed by atoms with van der Waals surface area (Å²) in [5, 5.41) is 7.08. The number of aryl methyl sites for hydroxylation is 2. The summed E-state index contributed by atoms with van der Waals surface area (Å²) < 4.78 is 1.62. The number of nitrogens with zero attached hydrogens (tertiary/aromatic N) is 3. The first-order valence-corrected chi connectivity index (χ1v) is 5.58. The van der Waals surface area contributed by atoms with Gasteiger partial charge in [-0.3, -0.25) is 9.48 Å². The Kier molecular flexibility index (Phi) is 3.20. The van der Waals surface area contributed by atoms with Crippen molar-refractivity contribution in [1.82, 2.24) is 14.8 Å². The SMILES string of the molecule is Cc1nn(C)cc1NC(=O)c1cc(Cl)ncc1N. The molecule has 0 spiro atoms. The van der Waals surface area contributed by atoms with E-state index in [2.05, 4.69) is 15.4 Å². The molecule has 0 aliphatic carbocycles. The zero-order valence-electron chi connectivity index (χ0n) is 9.94. The largest absolute Gasteiger partial charge is 0.397 e. The summed E-state index contributed by atoms with van der Waals surface area (Å²) in [5.41, 5.74) is 7.61. The van der Waals surface area contributed by atoms with Gasteiger partial charge in [0.2, 0.25) is 0 Å². The maximum atomic E-state index is 12.0. The smallest absolute Gasteiger partial charge is 0.258 e. The predicted molar refractivity (Wildman–Crippen MR) is 69.6 cm³/mol. The Hall–Kier alpha value is -2.08. The average Bonchev–Trinajstić information content (AvgIpc) is 2.61. The van der Waals surface area contributed by atoms with Gasteiger partial charge in [-0.25, -0.2) is 4.98 Å². The highest BCUT2D eigenvalue weighted by molar-refractivity contribution is 6.30. The lowest BCUT2D eigenvalue weighted by Crippen LogP contribution is -2.14. The number of nitrogens with two attached hydrogens (primary N) is 1. The van der Waals surface area contributed by atoms with Crippen LogP contribution in [0.1, 0.15) is 16.1 Å². The number of amides is 1. The number of carbonyl (C=O) groups is 1. The van der Waals surface area contributed by atoms with Crippen molar-refractivity contribution in [3.63, 3.8) is 0 Å². The van der Waals surface area contributed by atoms with Crippen LogP contribution in [-0.2, 0) is 7.05 Å². The molecule has 0 fully saturated rings. The van der Waals surface area contributed by atoms with Gasteiger partial charge in [-0.15, -0.1) is 0 Å². The molecular formula is C11H12ClN5O. The summed E-state index contributed by atoms with van der Waals surface area (Å²) in [5.74, 6) is -0.340. The third-order valence-electron chi connectivity index (χ3n) is 2.41. The van der Waals surface area contributed by atoms with Crippen molar-refractivity contribution in [3.05, 3.63) is 34.9 Å². The molecule has 2 rings (SSSR count). The van der Waals surface area contributed by atoms with Crippen molar-refractivity contribution in [2.24, 2.45) is 7.05 Å². The second-order valence-electron chi connectivity index (χ2n) is 3.85. The fourth-order valence-electron chi connectivity index (χ4n) is 1.55. The lowest BCUT2D eigenvalue weighted by molar-refractivity contribution is 0.102. The van der Waals surface area contributed by atoms with Gasteiger partial charge in [0.1, 0.15) is 5.15 Å². The fraction of sp³-hybridized carbons (Fsp3) is 0.182. The Morgan fingerprint density at radius 3 is 2.89 bits per heavy atom. The van der Waals surface area contributed by atoms with Crippen LogP contribution in [0.5, 0.6) is 0 Å². The highest BCUT2D eigenvalue weighted by Crippen LogP contribution is 2.18. The summed E-state index contributed by atoms with van der Waals surface area (Å²) >= 11 is 5.74. The number of halogens is 1. The minimum Gasteiger partial charge on any atom is -0.397 e. The van der Waals surface area contributed by atoms with E-state index in [4.69, 9.17) is 17.3 Å². The summed E-state index contributed by atoms with van der Waals surface area (Å²) in [6.45, 7) is 1.80. The Morgan fingerprint density at radius 2 is 2.28 bits per heavy atom. The molecule has 0 bridgehead atoms. The first kappa shape index (κ1) is 12.4. The number of aromatic nitrogens is 3. The molecule has 2 aromatic rings. The highest BCUT2D eigenvalue weighted by Gasteiger charge is 2.13. The maximum absolute atomic E-state index is 12.0. The number of pyridine rings is 1. The summed E-state index contributed by atoms with van der Waals surface area (Å²) in [4.78, 5) is 15.8. The second kappa shape index (κ2) is 4.66. The molecule has 2 heterocycles. The average molecular weight is 266 g/mol. The molecule has 0 saturated heterocycles. The highest BCUT2D eigenvalue weighted by atomic mass is 35.5. The molecule has 0 atom stereocenters. The quantitative estimate of drug-likeness (QED) is 0.808. The molecule has 7 heteroatoms. The molecule has 94 valence electrons. The van der Waals surface area contributed by atoms with Crippen LogP contribution in [-0.4, -0.2) is 20.7 Å². The van der Waals surface area contributed by atoms with Gasteiger partial charge in [-0.05, 0) is 13.0 Å². The molecule has 0 aliphatic heterocycles. The van der Waals surface area contributed by atoms with E-state index in [0.717, 1.165) is 5.69 Å². The molecule has 6 nitrogen and oxygen atoms in total. The molecule has 0 unspecified atom stereocenters. The zero-order chi connectivity index (χ0) is 13.3. The zero-order valence-corrected chi connectivity index (χ0v) is 10.7. The molecule has 0 aromatic carbocycles. The molecule has 0 radical (unpaired) electrons. The Balaban J connectivity index is 2.27. The summed E-state index contributed by atoms with van der Waals surface area (Å²) in [6.07, 6.45) is 3.07. The lowest BCUT2D eigenvalue weighted by atomic mass is 10.2. The van der Waals surface area contributed by atoms with Crippen LogP contribution in [0.4, 0.5) is 11.4 Å². The Bertz CT molecular complexity index is 607. The van der Waals surface area contributed by atoms with E-state index in [1.54, 1.807) is 24.9 Å². The third kappa shape index (κ3) is 2.43. The number of rotatable bonds is 2. The van der Waals surface area contributed by atoms with Crippen LogP contribution >= 0.6 is 11.6 Å². The minimum atomic E-state index is -0.340. The normalized spacial score (nSPS) is 10.4. The van der Waals surface area contributed by atoms with E-state index in [9.17, 15) is 4.79 Å². The summed E-state index contributed by atoms with van der Waals surface area (Å²) in [6, 6.07) is 1.43. The van der Waals surface area contributed by atoms with Crippen molar-refractivity contribution >= 4 is 28.9 Å². The maximum Gasteiger partial charge on any atom is 0.258 e. The van der Waals surface area contributed by atoms with E-state index < -0.39 is 0 Å². The van der Waals surface area contributed by atoms with Crippen LogP contribution in [0.2, 0.25) is 5.15 Å². The molecule has 2 aromatic heterocycles. The van der Waals surface area contributed by atoms with E-state index in [1.807, 2.05) is 0 Å². The number of nitrogens with one attached hydrogen (secondary N) is 1. The standard InChI is InChI=1S/C11H12ClN5O/c1-6-9(5-17(2)16-6)15-11(18)7-3-10(12)14-4-8(7)13/h3-5H,13H2,1-2H3,(H,15,18). The van der Waals surface area contributed by atoms with Crippen LogP contribution in [0, 0.1) is 6.92 Å². The Labute approximate surface area is 109 Å². The molecular weight excluding hydrogens is 254 g/mol. The van der Waals surface area contributed by atoms with Crippen molar-refractivity contribution in [2.75, 3.05) is 11.1 Å². The number of hydrogen-bond donors (Lipinski definition) is 2. The molecule has 1 amide bonds. The van der Waals surface area contributed by atoms with Crippen molar-refractivity contribution in [3.8, 4) is 0 Å². The fourth-order valence-corrected chi connectivity index (χ4v) is 1.71. The van der Waals surface area contributed by atoms with Gasteiger partial charge >= 0.3 is 0 Å². The molecule has 18 heavy (non-hydrogen) atoms. The van der Waals surface area contributed by atoms with Gasteiger partial charge < -0.3 is 11.1 Å². The van der Waals surface area contributed by atoms with Gasteiger partial charge in [0.05, 0.1) is 28.8 Å². The molecule has 0 aliphatic rings. The Morgan fingerprint density at radius 1 is 1.56 bits per heavy atom. The second-order valence-corrected chi connectivity index (χ2v) is 4.24. The molecule has 3 N–H and O–H groups in total. The minimum absolute atomic E-state index is 0.220. The number of anilines is 2. The van der Waals surface area contributed by atoms with Crippen LogP contribution in [0.15, 0.2) is 18.5 Å². The lowest BCUT2D eigenvalue weighted by Gasteiger charge is -2.06. The topological polar surface area (TPSA) is 85.8 Å². The molecule has 0 saturated carbocycles. The van der Waals surface area contributed by atoms with Crippen molar-refractivity contribution in [1.29, 1.82) is 0 Å². The van der Waals surface area contributed by atoms with E-state index >= 15 is 0 Å². The van der Waals surface area contributed by atoms with E-state index in [1.165, 1.54) is 12.3 Å².